The Labute approximate surface area is 226 Å². The maximum absolute atomic E-state index is 6.46. The number of hydrogen-bond donors (Lipinski definition) is 0. The Morgan fingerprint density at radius 1 is 0.513 bits per heavy atom. The Morgan fingerprint density at radius 2 is 1.03 bits per heavy atom. The molecule has 3 nitrogen and oxygen atoms in total. The first-order valence-electron chi connectivity index (χ1n) is 13.4. The third-order valence-electron chi connectivity index (χ3n) is 7.96. The van der Waals surface area contributed by atoms with Crippen LogP contribution in [0.3, 0.4) is 0 Å². The van der Waals surface area contributed by atoms with Crippen molar-refractivity contribution in [2.75, 3.05) is 4.90 Å². The summed E-state index contributed by atoms with van der Waals surface area (Å²) in [6, 6.07) is 38.5. The summed E-state index contributed by atoms with van der Waals surface area (Å²) < 4.78 is 12.9. The number of hydrogen-bond acceptors (Lipinski definition) is 3. The molecule has 0 aliphatic carbocycles. The number of anilines is 3. The van der Waals surface area contributed by atoms with E-state index in [1.807, 2.05) is 36.4 Å². The van der Waals surface area contributed by atoms with E-state index in [0.29, 0.717) is 0 Å². The monoisotopic (exact) mass is 505 g/mol. The van der Waals surface area contributed by atoms with Gasteiger partial charge in [0.25, 0.3) is 0 Å². The van der Waals surface area contributed by atoms with Crippen molar-refractivity contribution in [1.29, 1.82) is 0 Å². The first-order chi connectivity index (χ1) is 19.0. The zero-order chi connectivity index (χ0) is 26.3. The topological polar surface area (TPSA) is 29.5 Å². The Morgan fingerprint density at radius 3 is 1.62 bits per heavy atom. The summed E-state index contributed by atoms with van der Waals surface area (Å²) in [6.45, 7) is 6.86. The summed E-state index contributed by atoms with van der Waals surface area (Å²) in [5.41, 5.74) is 4.12. The molecule has 0 bridgehead atoms. The van der Waals surface area contributed by atoms with Gasteiger partial charge in [0.2, 0.25) is 11.8 Å². The highest BCUT2D eigenvalue weighted by atomic mass is 16.4. The summed E-state index contributed by atoms with van der Waals surface area (Å²) in [5, 5.41) is 9.66. The number of fused-ring (bicyclic) bond motifs is 2. The summed E-state index contributed by atoms with van der Waals surface area (Å²) in [5.74, 6) is 1.45. The van der Waals surface area contributed by atoms with Crippen molar-refractivity contribution in [3.63, 3.8) is 0 Å². The highest BCUT2D eigenvalue weighted by Gasteiger charge is 2.25. The van der Waals surface area contributed by atoms with Crippen molar-refractivity contribution in [2.45, 2.75) is 26.2 Å². The fourth-order valence-corrected chi connectivity index (χ4v) is 6.14. The van der Waals surface area contributed by atoms with Crippen LogP contribution in [0.1, 0.15) is 26.3 Å². The normalized spacial score (nSPS) is 12.5. The number of rotatable bonds is 3. The van der Waals surface area contributed by atoms with E-state index >= 15 is 0 Å². The van der Waals surface area contributed by atoms with E-state index in [0.717, 1.165) is 44.8 Å². The molecule has 0 amide bonds. The molecule has 0 atom stereocenters. The van der Waals surface area contributed by atoms with E-state index < -0.39 is 0 Å². The van der Waals surface area contributed by atoms with E-state index in [1.165, 1.54) is 32.5 Å². The zero-order valence-electron chi connectivity index (χ0n) is 22.2. The largest absolute Gasteiger partial charge is 0.440 e. The molecule has 3 heteroatoms. The molecule has 0 aliphatic heterocycles. The van der Waals surface area contributed by atoms with E-state index in [4.69, 9.17) is 8.83 Å². The number of benzene rings is 6. The molecular weight excluding hydrogens is 478 g/mol. The lowest BCUT2D eigenvalue weighted by atomic mass is 9.81. The minimum Gasteiger partial charge on any atom is -0.440 e. The van der Waals surface area contributed by atoms with Crippen LogP contribution in [-0.2, 0) is 5.41 Å². The summed E-state index contributed by atoms with van der Waals surface area (Å²) >= 11 is 0. The molecule has 8 rings (SSSR count). The van der Waals surface area contributed by atoms with Crippen LogP contribution in [-0.4, -0.2) is 0 Å². The summed E-state index contributed by atoms with van der Waals surface area (Å²) in [7, 11) is 0. The molecule has 188 valence electrons. The first kappa shape index (κ1) is 22.2. The maximum atomic E-state index is 6.46. The fourth-order valence-electron chi connectivity index (χ4n) is 6.14. The number of nitrogens with zero attached hydrogens (tertiary/aromatic N) is 1. The van der Waals surface area contributed by atoms with Crippen LogP contribution in [0.25, 0.3) is 54.3 Å². The second-order valence-corrected chi connectivity index (χ2v) is 11.5. The van der Waals surface area contributed by atoms with Gasteiger partial charge in [-0.25, -0.2) is 4.90 Å². The minimum absolute atomic E-state index is 0.0414. The van der Waals surface area contributed by atoms with Crippen molar-refractivity contribution in [3.05, 3.63) is 115 Å². The van der Waals surface area contributed by atoms with Gasteiger partial charge in [-0.05, 0) is 56.1 Å². The SMILES string of the molecule is CC(C)(C)c1ccc2ccc3c(N(c4cc5ccccc5o4)c4cc5ccccc5o4)ccc4ccc1c2c43. The van der Waals surface area contributed by atoms with Crippen molar-refractivity contribution in [3.8, 4) is 0 Å². The molecule has 0 saturated carbocycles. The summed E-state index contributed by atoms with van der Waals surface area (Å²) in [4.78, 5) is 2.12. The van der Waals surface area contributed by atoms with E-state index in [1.54, 1.807) is 0 Å². The van der Waals surface area contributed by atoms with Crippen LogP contribution in [0.2, 0.25) is 0 Å². The Balaban J connectivity index is 1.46. The third kappa shape index (κ3) is 3.29. The highest BCUT2D eigenvalue weighted by molar-refractivity contribution is 6.26. The Kier molecular flexibility index (Phi) is 4.49. The van der Waals surface area contributed by atoms with Crippen LogP contribution < -0.4 is 4.90 Å². The molecule has 8 aromatic rings. The molecule has 0 saturated heterocycles. The summed E-state index contributed by atoms with van der Waals surface area (Å²) in [6.07, 6.45) is 0. The second-order valence-electron chi connectivity index (χ2n) is 11.5. The molecule has 0 radical (unpaired) electrons. The molecule has 2 heterocycles. The van der Waals surface area contributed by atoms with Crippen LogP contribution in [0, 0.1) is 0 Å². The van der Waals surface area contributed by atoms with Gasteiger partial charge in [0, 0.05) is 28.3 Å². The van der Waals surface area contributed by atoms with Gasteiger partial charge in [0.15, 0.2) is 0 Å². The van der Waals surface area contributed by atoms with Gasteiger partial charge in [-0.3, -0.25) is 0 Å². The van der Waals surface area contributed by atoms with Crippen LogP contribution in [0.4, 0.5) is 17.5 Å². The molecule has 0 unspecified atom stereocenters. The van der Waals surface area contributed by atoms with Gasteiger partial charge in [-0.15, -0.1) is 0 Å². The van der Waals surface area contributed by atoms with E-state index in [2.05, 4.69) is 98.5 Å². The predicted molar refractivity (Wildman–Crippen MR) is 163 cm³/mol. The molecule has 0 fully saturated rings. The fraction of sp³-hybridized carbons (Fsp3) is 0.111. The molecule has 39 heavy (non-hydrogen) atoms. The van der Waals surface area contributed by atoms with E-state index in [-0.39, 0.29) is 5.41 Å². The molecule has 6 aromatic carbocycles. The maximum Gasteiger partial charge on any atom is 0.208 e. The van der Waals surface area contributed by atoms with Crippen LogP contribution in [0.15, 0.2) is 118 Å². The van der Waals surface area contributed by atoms with Crippen molar-refractivity contribution in [2.24, 2.45) is 0 Å². The smallest absolute Gasteiger partial charge is 0.208 e. The lowest BCUT2D eigenvalue weighted by Crippen LogP contribution is -2.12. The van der Waals surface area contributed by atoms with Gasteiger partial charge in [0.05, 0.1) is 5.69 Å². The molecule has 0 spiro atoms. The number of para-hydroxylation sites is 2. The third-order valence-corrected chi connectivity index (χ3v) is 7.96. The molecule has 2 aromatic heterocycles. The van der Waals surface area contributed by atoms with E-state index in [9.17, 15) is 0 Å². The second kappa shape index (κ2) is 7.87. The van der Waals surface area contributed by atoms with Crippen molar-refractivity contribution >= 4 is 71.7 Å². The Hall–Kier alpha value is -4.76. The molecular formula is C36H27NO2. The number of furan rings is 2. The lowest BCUT2D eigenvalue weighted by Gasteiger charge is -2.25. The molecule has 0 N–H and O–H groups in total. The quantitative estimate of drug-likeness (QED) is 0.224. The average Bonchev–Trinajstić information content (AvgIpc) is 3.56. The minimum atomic E-state index is 0.0414. The van der Waals surface area contributed by atoms with Gasteiger partial charge >= 0.3 is 0 Å². The van der Waals surface area contributed by atoms with Crippen LogP contribution >= 0.6 is 0 Å². The standard InChI is InChI=1S/C36H27NO2/c1-36(2,3)28-18-14-22-13-17-27-29(19-15-23-12-16-26(28)34(22)35(23)27)37(32-20-24-8-4-6-10-30(24)38-32)33-21-25-9-5-7-11-31(25)39-33/h4-21H,1-3H3. The average molecular weight is 506 g/mol. The van der Waals surface area contributed by atoms with Crippen molar-refractivity contribution in [1.82, 2.24) is 0 Å². The zero-order valence-corrected chi connectivity index (χ0v) is 22.2. The Bertz CT molecular complexity index is 2030. The highest BCUT2D eigenvalue weighted by Crippen LogP contribution is 2.47. The van der Waals surface area contributed by atoms with Gasteiger partial charge in [0.1, 0.15) is 11.2 Å². The van der Waals surface area contributed by atoms with Crippen molar-refractivity contribution < 1.29 is 8.83 Å². The lowest BCUT2D eigenvalue weighted by molar-refractivity contribution is 0.583. The van der Waals surface area contributed by atoms with Gasteiger partial charge in [-0.2, -0.15) is 0 Å². The van der Waals surface area contributed by atoms with Crippen LogP contribution in [0.5, 0.6) is 0 Å². The van der Waals surface area contributed by atoms with Gasteiger partial charge < -0.3 is 8.83 Å². The molecule has 0 aliphatic rings. The van der Waals surface area contributed by atoms with Gasteiger partial charge in [-0.1, -0.05) is 99.6 Å². The predicted octanol–water partition coefficient (Wildman–Crippen LogP) is 10.8. The first-order valence-corrected chi connectivity index (χ1v) is 13.4.